The van der Waals surface area contributed by atoms with Gasteiger partial charge in [0.2, 0.25) is 0 Å². The lowest BCUT2D eigenvalue weighted by molar-refractivity contribution is 0.279. The van der Waals surface area contributed by atoms with Crippen LogP contribution in [-0.4, -0.2) is 17.6 Å². The van der Waals surface area contributed by atoms with Gasteiger partial charge in [0.05, 0.1) is 16.5 Å². The largest absolute Gasteiger partial charge is 0.464 e. The standard InChI is InChI=1S/C10H10ClN3OS/c11-7-3-8-9(12-4-7)13-10(14-16-8)15-5-6-1-2-6/h3-4,6H,1-2,5H2,(H,12,13,14). The zero-order valence-corrected chi connectivity index (χ0v) is 10.0. The van der Waals surface area contributed by atoms with Crippen LogP contribution in [0.4, 0.5) is 5.82 Å². The Kier molecular flexibility index (Phi) is 2.65. The number of hydrogen-bond acceptors (Lipinski definition) is 5. The van der Waals surface area contributed by atoms with E-state index in [1.54, 1.807) is 6.20 Å². The zero-order valence-electron chi connectivity index (χ0n) is 8.44. The Labute approximate surface area is 103 Å². The van der Waals surface area contributed by atoms with Gasteiger partial charge in [-0.2, -0.15) is 4.99 Å². The van der Waals surface area contributed by atoms with Crippen molar-refractivity contribution in [2.45, 2.75) is 17.7 Å². The average molecular weight is 256 g/mol. The molecule has 0 spiro atoms. The monoisotopic (exact) mass is 255 g/mol. The van der Waals surface area contributed by atoms with Crippen molar-refractivity contribution in [2.75, 3.05) is 6.61 Å². The van der Waals surface area contributed by atoms with Crippen LogP contribution in [0.3, 0.4) is 0 Å². The van der Waals surface area contributed by atoms with Crippen LogP contribution in [0.15, 0.2) is 22.2 Å². The third-order valence-corrected chi connectivity index (χ3v) is 3.41. The van der Waals surface area contributed by atoms with E-state index in [2.05, 4.69) is 14.7 Å². The van der Waals surface area contributed by atoms with Crippen molar-refractivity contribution in [1.29, 1.82) is 0 Å². The predicted molar refractivity (Wildman–Crippen MR) is 64.0 cm³/mol. The first-order chi connectivity index (χ1) is 7.81. The van der Waals surface area contributed by atoms with Gasteiger partial charge in [-0.25, -0.2) is 4.98 Å². The van der Waals surface area contributed by atoms with Crippen LogP contribution in [0, 0.1) is 5.92 Å². The summed E-state index contributed by atoms with van der Waals surface area (Å²) in [5.74, 6) is 1.38. The summed E-state index contributed by atoms with van der Waals surface area (Å²) < 4.78 is 8.57. The maximum atomic E-state index is 5.84. The second-order valence-electron chi connectivity index (χ2n) is 3.85. The fraction of sp³-hybridized carbons (Fsp3) is 0.400. The Morgan fingerprint density at radius 1 is 1.56 bits per heavy atom. The highest BCUT2D eigenvalue weighted by Gasteiger charge is 2.23. The molecule has 4 nitrogen and oxygen atoms in total. The molecule has 1 aliphatic carbocycles. The average Bonchev–Trinajstić information content (AvgIpc) is 3.10. The maximum Gasteiger partial charge on any atom is 0.302 e. The van der Waals surface area contributed by atoms with Gasteiger partial charge in [-0.05, 0) is 36.8 Å². The molecule has 3 rings (SSSR count). The molecule has 0 atom stereocenters. The summed E-state index contributed by atoms with van der Waals surface area (Å²) in [7, 11) is 0. The molecule has 0 amide bonds. The Morgan fingerprint density at radius 3 is 3.25 bits per heavy atom. The minimum absolute atomic E-state index is 0.541. The SMILES string of the molecule is Clc1cnc2c(c1)SNC(OCC1CC1)=N2. The van der Waals surface area contributed by atoms with E-state index in [1.165, 1.54) is 24.8 Å². The van der Waals surface area contributed by atoms with E-state index < -0.39 is 0 Å². The lowest BCUT2D eigenvalue weighted by Crippen LogP contribution is -2.23. The Hall–Kier alpha value is -0.940. The molecule has 6 heteroatoms. The molecule has 1 aromatic heterocycles. The predicted octanol–water partition coefficient (Wildman–Crippen LogP) is 2.76. The Balaban J connectivity index is 1.74. The lowest BCUT2D eigenvalue weighted by atomic mass is 10.4. The maximum absolute atomic E-state index is 5.84. The van der Waals surface area contributed by atoms with Crippen LogP contribution in [-0.2, 0) is 4.74 Å². The number of pyridine rings is 1. The highest BCUT2D eigenvalue weighted by atomic mass is 35.5. The summed E-state index contributed by atoms with van der Waals surface area (Å²) in [6, 6.07) is 2.38. The molecular formula is C10H10ClN3OS. The number of aliphatic imine (C=N–C) groups is 1. The summed E-state index contributed by atoms with van der Waals surface area (Å²) in [6.07, 6.45) is 4.13. The smallest absolute Gasteiger partial charge is 0.302 e. The van der Waals surface area contributed by atoms with E-state index >= 15 is 0 Å². The van der Waals surface area contributed by atoms with Crippen molar-refractivity contribution in [3.63, 3.8) is 0 Å². The van der Waals surface area contributed by atoms with Crippen molar-refractivity contribution in [3.05, 3.63) is 17.3 Å². The normalized spacial score (nSPS) is 18.4. The minimum atomic E-state index is 0.541. The second kappa shape index (κ2) is 4.14. The molecule has 0 radical (unpaired) electrons. The number of nitrogens with one attached hydrogen (secondary N) is 1. The summed E-state index contributed by atoms with van der Waals surface area (Å²) in [4.78, 5) is 9.35. The van der Waals surface area contributed by atoms with Gasteiger partial charge in [-0.1, -0.05) is 11.6 Å². The van der Waals surface area contributed by atoms with Gasteiger partial charge in [-0.15, -0.1) is 0 Å². The van der Waals surface area contributed by atoms with Gasteiger partial charge in [0, 0.05) is 6.20 Å². The second-order valence-corrected chi connectivity index (χ2v) is 5.14. The molecule has 0 saturated heterocycles. The van der Waals surface area contributed by atoms with Crippen LogP contribution < -0.4 is 4.72 Å². The number of nitrogens with zero attached hydrogens (tertiary/aromatic N) is 2. The Bertz CT molecular complexity index is 448. The fourth-order valence-corrected chi connectivity index (χ4v) is 2.23. The highest BCUT2D eigenvalue weighted by molar-refractivity contribution is 7.98. The topological polar surface area (TPSA) is 46.5 Å². The first-order valence-electron chi connectivity index (χ1n) is 5.11. The van der Waals surface area contributed by atoms with Crippen molar-refractivity contribution < 1.29 is 4.74 Å². The molecule has 0 unspecified atom stereocenters. The first-order valence-corrected chi connectivity index (χ1v) is 6.30. The fourth-order valence-electron chi connectivity index (χ4n) is 1.33. The summed E-state index contributed by atoms with van der Waals surface area (Å²) >= 11 is 7.27. The minimum Gasteiger partial charge on any atom is -0.464 e. The van der Waals surface area contributed by atoms with E-state index in [9.17, 15) is 0 Å². The van der Waals surface area contributed by atoms with Crippen molar-refractivity contribution in [3.8, 4) is 0 Å². The number of hydrogen-bond donors (Lipinski definition) is 1. The molecule has 2 heterocycles. The van der Waals surface area contributed by atoms with Crippen molar-refractivity contribution >= 4 is 35.4 Å². The van der Waals surface area contributed by atoms with Crippen molar-refractivity contribution in [1.82, 2.24) is 9.71 Å². The van der Waals surface area contributed by atoms with Gasteiger partial charge >= 0.3 is 6.02 Å². The van der Waals surface area contributed by atoms with E-state index in [4.69, 9.17) is 16.3 Å². The van der Waals surface area contributed by atoms with Crippen LogP contribution >= 0.6 is 23.5 Å². The number of halogens is 1. The zero-order chi connectivity index (χ0) is 11.0. The summed E-state index contributed by atoms with van der Waals surface area (Å²) in [5, 5.41) is 0.616. The summed E-state index contributed by atoms with van der Waals surface area (Å²) in [6.45, 7) is 0.745. The first kappa shape index (κ1) is 10.2. The molecule has 1 aliphatic heterocycles. The number of aromatic nitrogens is 1. The lowest BCUT2D eigenvalue weighted by Gasteiger charge is -2.15. The van der Waals surface area contributed by atoms with Gasteiger partial charge in [0.1, 0.15) is 0 Å². The number of amidine groups is 1. The Morgan fingerprint density at radius 2 is 2.44 bits per heavy atom. The molecular weight excluding hydrogens is 246 g/mol. The molecule has 0 aromatic carbocycles. The van der Waals surface area contributed by atoms with E-state index in [0.29, 0.717) is 22.8 Å². The molecule has 16 heavy (non-hydrogen) atoms. The molecule has 2 aliphatic rings. The highest BCUT2D eigenvalue weighted by Crippen LogP contribution is 2.32. The van der Waals surface area contributed by atoms with Gasteiger partial charge < -0.3 is 4.74 Å². The molecule has 1 aromatic rings. The van der Waals surface area contributed by atoms with Crippen LogP contribution in [0.2, 0.25) is 5.02 Å². The number of rotatable bonds is 2. The van der Waals surface area contributed by atoms with Crippen LogP contribution in [0.1, 0.15) is 12.8 Å². The van der Waals surface area contributed by atoms with Crippen LogP contribution in [0.25, 0.3) is 0 Å². The van der Waals surface area contributed by atoms with E-state index in [-0.39, 0.29) is 0 Å². The van der Waals surface area contributed by atoms with Gasteiger partial charge in [0.25, 0.3) is 0 Å². The third-order valence-electron chi connectivity index (χ3n) is 2.41. The molecule has 1 fully saturated rings. The van der Waals surface area contributed by atoms with E-state index in [1.807, 2.05) is 6.07 Å². The number of ether oxygens (including phenoxy) is 1. The quantitative estimate of drug-likeness (QED) is 0.826. The van der Waals surface area contributed by atoms with Crippen molar-refractivity contribution in [2.24, 2.45) is 10.9 Å². The molecule has 84 valence electrons. The van der Waals surface area contributed by atoms with Gasteiger partial charge in [-0.3, -0.25) is 4.72 Å². The molecule has 1 saturated carbocycles. The van der Waals surface area contributed by atoms with Crippen LogP contribution in [0.5, 0.6) is 0 Å². The van der Waals surface area contributed by atoms with E-state index in [0.717, 1.165) is 11.5 Å². The third kappa shape index (κ3) is 2.25. The van der Waals surface area contributed by atoms with Gasteiger partial charge in [0.15, 0.2) is 5.82 Å². The summed E-state index contributed by atoms with van der Waals surface area (Å²) in [5.41, 5.74) is 0. The molecule has 0 bridgehead atoms. The number of fused-ring (bicyclic) bond motifs is 1. The molecule has 1 N–H and O–H groups in total.